The third kappa shape index (κ3) is 5.46. The van der Waals surface area contributed by atoms with E-state index in [0.717, 1.165) is 70.6 Å². The predicted molar refractivity (Wildman–Crippen MR) is 107 cm³/mol. The number of rotatable bonds is 9. The lowest BCUT2D eigenvalue weighted by Crippen LogP contribution is -2.39. The summed E-state index contributed by atoms with van der Waals surface area (Å²) in [7, 11) is 0. The number of ether oxygens (including phenoxy) is 2. The molecule has 2 fully saturated rings. The van der Waals surface area contributed by atoms with Crippen LogP contribution >= 0.6 is 0 Å². The maximum absolute atomic E-state index is 12.1. The molecule has 0 N–H and O–H groups in total. The van der Waals surface area contributed by atoms with Gasteiger partial charge in [0.15, 0.2) is 0 Å². The molecule has 1 unspecified atom stereocenters. The van der Waals surface area contributed by atoms with Crippen LogP contribution in [0.2, 0.25) is 0 Å². The number of carbonyl (C=O) groups excluding carboxylic acids is 2. The highest BCUT2D eigenvalue weighted by molar-refractivity contribution is 5.87. The summed E-state index contributed by atoms with van der Waals surface area (Å²) in [5, 5.41) is 0. The monoisotopic (exact) mass is 376 g/mol. The second-order valence-electron chi connectivity index (χ2n) is 8.79. The quantitative estimate of drug-likeness (QED) is 0.385. The van der Waals surface area contributed by atoms with Gasteiger partial charge < -0.3 is 9.47 Å². The van der Waals surface area contributed by atoms with Gasteiger partial charge in [0, 0.05) is 11.1 Å². The minimum Gasteiger partial charge on any atom is -0.456 e. The van der Waals surface area contributed by atoms with E-state index >= 15 is 0 Å². The first-order valence-electron chi connectivity index (χ1n) is 10.5. The third-order valence-electron chi connectivity index (χ3n) is 6.43. The average molecular weight is 377 g/mol. The van der Waals surface area contributed by atoms with Gasteiger partial charge >= 0.3 is 11.9 Å². The van der Waals surface area contributed by atoms with E-state index in [2.05, 4.69) is 20.1 Å². The molecule has 0 radical (unpaired) electrons. The van der Waals surface area contributed by atoms with E-state index in [4.69, 9.17) is 9.47 Å². The summed E-state index contributed by atoms with van der Waals surface area (Å²) in [6.07, 6.45) is 11.0. The van der Waals surface area contributed by atoms with Crippen molar-refractivity contribution in [1.29, 1.82) is 0 Å². The minimum atomic E-state index is -0.354. The summed E-state index contributed by atoms with van der Waals surface area (Å²) in [5.74, 6) is -0.252. The topological polar surface area (TPSA) is 52.6 Å². The van der Waals surface area contributed by atoms with Crippen LogP contribution in [0.25, 0.3) is 0 Å². The molecule has 0 aromatic rings. The molecular weight excluding hydrogens is 340 g/mol. The van der Waals surface area contributed by atoms with Crippen molar-refractivity contribution in [3.63, 3.8) is 0 Å². The van der Waals surface area contributed by atoms with Crippen LogP contribution in [-0.2, 0) is 19.1 Å². The van der Waals surface area contributed by atoms with Crippen LogP contribution in [0, 0.1) is 5.92 Å². The molecule has 0 amide bonds. The van der Waals surface area contributed by atoms with E-state index in [1.807, 2.05) is 0 Å². The molecule has 0 bridgehead atoms. The number of hydrogen-bond acceptors (Lipinski definition) is 4. The average Bonchev–Trinajstić information content (AvgIpc) is 3.25. The van der Waals surface area contributed by atoms with E-state index in [1.165, 1.54) is 0 Å². The molecule has 0 heterocycles. The summed E-state index contributed by atoms with van der Waals surface area (Å²) in [6, 6.07) is 0. The molecule has 152 valence electrons. The van der Waals surface area contributed by atoms with Gasteiger partial charge in [-0.15, -0.1) is 0 Å². The van der Waals surface area contributed by atoms with Crippen molar-refractivity contribution in [2.45, 2.75) is 103 Å². The SMILES string of the molecule is C=C(C)C(=O)OC1(CCCC(C)C2(OC(=O)C(=C)C)CCCC2)CCCC1. The van der Waals surface area contributed by atoms with Crippen molar-refractivity contribution in [3.05, 3.63) is 24.3 Å². The highest BCUT2D eigenvalue weighted by Gasteiger charge is 2.43. The lowest BCUT2D eigenvalue weighted by molar-refractivity contribution is -0.161. The van der Waals surface area contributed by atoms with Crippen molar-refractivity contribution in [2.75, 3.05) is 0 Å². The molecule has 27 heavy (non-hydrogen) atoms. The van der Waals surface area contributed by atoms with E-state index < -0.39 is 0 Å². The molecule has 0 saturated heterocycles. The molecule has 0 aliphatic heterocycles. The minimum absolute atomic E-state index is 0.271. The number of carbonyl (C=O) groups is 2. The van der Waals surface area contributed by atoms with Gasteiger partial charge in [-0.25, -0.2) is 9.59 Å². The zero-order valence-electron chi connectivity index (χ0n) is 17.4. The third-order valence-corrected chi connectivity index (χ3v) is 6.43. The molecule has 0 aromatic carbocycles. The first kappa shape index (κ1) is 21.7. The number of hydrogen-bond donors (Lipinski definition) is 0. The van der Waals surface area contributed by atoms with E-state index in [1.54, 1.807) is 13.8 Å². The van der Waals surface area contributed by atoms with Crippen molar-refractivity contribution < 1.29 is 19.1 Å². The molecular formula is C23H36O4. The lowest BCUT2D eigenvalue weighted by atomic mass is 9.82. The van der Waals surface area contributed by atoms with Crippen molar-refractivity contribution >= 4 is 11.9 Å². The van der Waals surface area contributed by atoms with Gasteiger partial charge in [-0.2, -0.15) is 0 Å². The molecule has 2 aliphatic carbocycles. The highest BCUT2D eigenvalue weighted by atomic mass is 16.6. The van der Waals surface area contributed by atoms with Crippen LogP contribution in [0.1, 0.15) is 91.4 Å². The summed E-state index contributed by atoms with van der Waals surface area (Å²) in [6.45, 7) is 13.0. The zero-order valence-corrected chi connectivity index (χ0v) is 17.4. The second-order valence-corrected chi connectivity index (χ2v) is 8.79. The first-order chi connectivity index (χ1) is 12.7. The fourth-order valence-electron chi connectivity index (χ4n) is 4.64. The van der Waals surface area contributed by atoms with E-state index in [-0.39, 0.29) is 23.1 Å². The van der Waals surface area contributed by atoms with Gasteiger partial charge in [-0.1, -0.05) is 20.1 Å². The Bertz CT molecular complexity index is 577. The Morgan fingerprint density at radius 2 is 1.37 bits per heavy atom. The van der Waals surface area contributed by atoms with Gasteiger partial charge in [0.1, 0.15) is 11.2 Å². The first-order valence-corrected chi connectivity index (χ1v) is 10.5. The molecule has 4 heteroatoms. The van der Waals surface area contributed by atoms with Crippen LogP contribution in [0.15, 0.2) is 24.3 Å². The normalized spacial score (nSPS) is 21.4. The molecule has 2 rings (SSSR count). The van der Waals surface area contributed by atoms with Crippen molar-refractivity contribution in [2.24, 2.45) is 5.92 Å². The molecule has 2 aliphatic rings. The van der Waals surface area contributed by atoms with Gasteiger partial charge in [-0.05, 0) is 90.4 Å². The Labute approximate surface area is 164 Å². The molecule has 0 aromatic heterocycles. The number of esters is 2. The Morgan fingerprint density at radius 3 is 1.89 bits per heavy atom. The second kappa shape index (κ2) is 9.07. The largest absolute Gasteiger partial charge is 0.456 e. The van der Waals surface area contributed by atoms with Gasteiger partial charge in [0.05, 0.1) is 0 Å². The molecule has 4 nitrogen and oxygen atoms in total. The Hall–Kier alpha value is -1.58. The molecule has 1 atom stereocenters. The van der Waals surface area contributed by atoms with Gasteiger partial charge in [-0.3, -0.25) is 0 Å². The Kier molecular flexibility index (Phi) is 7.30. The Balaban J connectivity index is 1.94. The predicted octanol–water partition coefficient (Wildman–Crippen LogP) is 5.66. The maximum Gasteiger partial charge on any atom is 0.333 e. The van der Waals surface area contributed by atoms with Gasteiger partial charge in [0.25, 0.3) is 0 Å². The van der Waals surface area contributed by atoms with Crippen LogP contribution in [0.5, 0.6) is 0 Å². The molecule has 0 spiro atoms. The van der Waals surface area contributed by atoms with Crippen molar-refractivity contribution in [3.8, 4) is 0 Å². The lowest BCUT2D eigenvalue weighted by Gasteiger charge is -2.36. The maximum atomic E-state index is 12.1. The summed E-state index contributed by atoms with van der Waals surface area (Å²) in [5.41, 5.74) is 0.247. The van der Waals surface area contributed by atoms with E-state index in [0.29, 0.717) is 17.1 Å². The van der Waals surface area contributed by atoms with E-state index in [9.17, 15) is 9.59 Å². The summed E-state index contributed by atoms with van der Waals surface area (Å²) in [4.78, 5) is 24.2. The summed E-state index contributed by atoms with van der Waals surface area (Å²) < 4.78 is 11.8. The fourth-order valence-corrected chi connectivity index (χ4v) is 4.64. The van der Waals surface area contributed by atoms with Crippen LogP contribution < -0.4 is 0 Å². The van der Waals surface area contributed by atoms with Crippen molar-refractivity contribution in [1.82, 2.24) is 0 Å². The van der Waals surface area contributed by atoms with Crippen LogP contribution in [0.4, 0.5) is 0 Å². The standard InChI is InChI=1S/C23H36O4/c1-17(2)20(24)26-22(12-6-7-13-22)14-10-11-19(5)23(15-8-9-16-23)27-21(25)18(3)4/h19H,1,3,6-16H2,2,4-5H3. The van der Waals surface area contributed by atoms with Crippen LogP contribution in [0.3, 0.4) is 0 Å². The smallest absolute Gasteiger partial charge is 0.333 e. The zero-order chi connectivity index (χ0) is 20.1. The fraction of sp³-hybridized carbons (Fsp3) is 0.739. The van der Waals surface area contributed by atoms with Crippen LogP contribution in [-0.4, -0.2) is 23.1 Å². The highest BCUT2D eigenvalue weighted by Crippen LogP contribution is 2.43. The summed E-state index contributed by atoms with van der Waals surface area (Å²) >= 11 is 0. The van der Waals surface area contributed by atoms with Gasteiger partial charge in [0.2, 0.25) is 0 Å². The molecule has 2 saturated carbocycles. The Morgan fingerprint density at radius 1 is 0.889 bits per heavy atom.